The smallest absolute Gasteiger partial charge is 0.0278 e. The Morgan fingerprint density at radius 2 is 2.17 bits per heavy atom. The van der Waals surface area contributed by atoms with Crippen LogP contribution in [0.25, 0.3) is 0 Å². The summed E-state index contributed by atoms with van der Waals surface area (Å²) in [7, 11) is -0.667. The number of hydrogen-bond donors (Lipinski definition) is 1. The zero-order valence-corrected chi connectivity index (χ0v) is 13.5. The van der Waals surface area contributed by atoms with Gasteiger partial charge in [-0.1, -0.05) is 13.8 Å². The van der Waals surface area contributed by atoms with Gasteiger partial charge in [0.05, 0.1) is 0 Å². The summed E-state index contributed by atoms with van der Waals surface area (Å²) >= 11 is 0. The van der Waals surface area contributed by atoms with Crippen LogP contribution in [-0.2, 0) is 10.8 Å². The van der Waals surface area contributed by atoms with Gasteiger partial charge in [-0.25, -0.2) is 0 Å². The van der Waals surface area contributed by atoms with E-state index in [9.17, 15) is 4.21 Å². The molecular formula is C14H30N2OS. The monoisotopic (exact) mass is 274 g/mol. The molecule has 0 saturated carbocycles. The maximum atomic E-state index is 11.2. The van der Waals surface area contributed by atoms with Crippen LogP contribution in [0.1, 0.15) is 47.0 Å². The zero-order chi connectivity index (χ0) is 13.8. The largest absolute Gasteiger partial charge is 0.309 e. The third-order valence-corrected chi connectivity index (χ3v) is 5.22. The van der Waals surface area contributed by atoms with Crippen molar-refractivity contribution in [3.05, 3.63) is 0 Å². The van der Waals surface area contributed by atoms with Gasteiger partial charge in [0.15, 0.2) is 0 Å². The lowest BCUT2D eigenvalue weighted by Gasteiger charge is -2.48. The van der Waals surface area contributed by atoms with Crippen LogP contribution in [-0.4, -0.2) is 51.8 Å². The summed E-state index contributed by atoms with van der Waals surface area (Å²) in [5, 5.41) is 3.69. The topological polar surface area (TPSA) is 32.3 Å². The van der Waals surface area contributed by atoms with Crippen LogP contribution >= 0.6 is 0 Å². The molecular weight excluding hydrogens is 244 g/mol. The highest BCUT2D eigenvalue weighted by Gasteiger charge is 2.35. The Morgan fingerprint density at radius 3 is 2.67 bits per heavy atom. The highest BCUT2D eigenvalue weighted by molar-refractivity contribution is 7.84. The number of nitrogens with one attached hydrogen (secondary N) is 1. The van der Waals surface area contributed by atoms with Crippen molar-refractivity contribution in [3.63, 3.8) is 0 Å². The van der Waals surface area contributed by atoms with Gasteiger partial charge < -0.3 is 5.32 Å². The van der Waals surface area contributed by atoms with Gasteiger partial charge in [0.2, 0.25) is 0 Å². The van der Waals surface area contributed by atoms with E-state index in [-0.39, 0.29) is 5.54 Å². The summed E-state index contributed by atoms with van der Waals surface area (Å²) in [4.78, 5) is 2.63. The van der Waals surface area contributed by atoms with E-state index in [1.165, 1.54) is 6.42 Å². The minimum Gasteiger partial charge on any atom is -0.309 e. The van der Waals surface area contributed by atoms with Crippen LogP contribution < -0.4 is 5.32 Å². The average Bonchev–Trinajstić information content (AvgIpc) is 2.36. The Balaban J connectivity index is 2.64. The van der Waals surface area contributed by atoms with E-state index in [1.807, 2.05) is 0 Å². The molecule has 1 N–H and O–H groups in total. The molecule has 0 spiro atoms. The fourth-order valence-electron chi connectivity index (χ4n) is 2.70. The minimum absolute atomic E-state index is 0.241. The van der Waals surface area contributed by atoms with Gasteiger partial charge in [0, 0.05) is 53.5 Å². The lowest BCUT2D eigenvalue weighted by Crippen LogP contribution is -2.64. The lowest BCUT2D eigenvalue weighted by atomic mass is 9.91. The molecule has 4 heteroatoms. The summed E-state index contributed by atoms with van der Waals surface area (Å²) in [5.41, 5.74) is 0.241. The summed E-state index contributed by atoms with van der Waals surface area (Å²) < 4.78 is 11.2. The first-order valence-electron chi connectivity index (χ1n) is 7.22. The second kappa shape index (κ2) is 7.01. The van der Waals surface area contributed by atoms with Crippen molar-refractivity contribution in [2.75, 3.05) is 25.1 Å². The normalized spacial score (nSPS) is 33.3. The lowest BCUT2D eigenvalue weighted by molar-refractivity contribution is 0.0488. The molecule has 0 aromatic rings. The van der Waals surface area contributed by atoms with E-state index in [0.717, 1.165) is 31.7 Å². The van der Waals surface area contributed by atoms with Gasteiger partial charge in [0.1, 0.15) is 0 Å². The molecule has 0 bridgehead atoms. The number of hydrogen-bond acceptors (Lipinski definition) is 3. The zero-order valence-electron chi connectivity index (χ0n) is 12.7. The summed E-state index contributed by atoms with van der Waals surface area (Å²) in [6, 6.07) is 1.16. The first-order chi connectivity index (χ1) is 8.41. The Labute approximate surface area is 115 Å². The van der Waals surface area contributed by atoms with Gasteiger partial charge in [-0.3, -0.25) is 9.11 Å². The highest BCUT2D eigenvalue weighted by atomic mass is 32.2. The van der Waals surface area contributed by atoms with E-state index >= 15 is 0 Å². The molecule has 4 unspecified atom stereocenters. The molecule has 18 heavy (non-hydrogen) atoms. The van der Waals surface area contributed by atoms with Crippen molar-refractivity contribution in [3.8, 4) is 0 Å². The predicted octanol–water partition coefficient (Wildman–Crippen LogP) is 2.00. The Bertz CT molecular complexity index is 285. The van der Waals surface area contributed by atoms with E-state index in [1.54, 1.807) is 6.26 Å². The molecule has 1 fully saturated rings. The number of rotatable bonds is 6. The van der Waals surface area contributed by atoms with Crippen LogP contribution in [0.5, 0.6) is 0 Å². The summed E-state index contributed by atoms with van der Waals surface area (Å²) in [5.74, 6) is 0.824. The predicted molar refractivity (Wildman–Crippen MR) is 80.5 cm³/mol. The number of nitrogens with zero attached hydrogens (tertiary/aromatic N) is 1. The van der Waals surface area contributed by atoms with Gasteiger partial charge in [0.25, 0.3) is 0 Å². The molecule has 0 aromatic carbocycles. The molecule has 108 valence electrons. The first-order valence-corrected chi connectivity index (χ1v) is 8.95. The molecule has 3 nitrogen and oxygen atoms in total. The average molecular weight is 274 g/mol. The fraction of sp³-hybridized carbons (Fsp3) is 1.00. The molecule has 0 amide bonds. The van der Waals surface area contributed by atoms with Crippen LogP contribution in [0.2, 0.25) is 0 Å². The van der Waals surface area contributed by atoms with Crippen molar-refractivity contribution >= 4 is 10.8 Å². The van der Waals surface area contributed by atoms with Crippen molar-refractivity contribution in [1.82, 2.24) is 10.2 Å². The maximum Gasteiger partial charge on any atom is 0.0278 e. The molecule has 1 heterocycles. The first kappa shape index (κ1) is 16.1. The summed E-state index contributed by atoms with van der Waals surface area (Å²) in [6.07, 6.45) is 5.19. The molecule has 1 saturated heterocycles. The van der Waals surface area contributed by atoms with Crippen LogP contribution in [0.15, 0.2) is 0 Å². The van der Waals surface area contributed by atoms with E-state index in [0.29, 0.717) is 12.1 Å². The van der Waals surface area contributed by atoms with Crippen LogP contribution in [0.4, 0.5) is 0 Å². The molecule has 0 radical (unpaired) electrons. The molecule has 4 atom stereocenters. The molecule has 1 aliphatic heterocycles. The Morgan fingerprint density at radius 1 is 1.50 bits per heavy atom. The van der Waals surface area contributed by atoms with Crippen molar-refractivity contribution in [2.24, 2.45) is 0 Å². The molecule has 1 aliphatic rings. The minimum atomic E-state index is -0.667. The van der Waals surface area contributed by atoms with Gasteiger partial charge >= 0.3 is 0 Å². The van der Waals surface area contributed by atoms with Crippen molar-refractivity contribution in [1.29, 1.82) is 0 Å². The Kier molecular flexibility index (Phi) is 6.28. The maximum absolute atomic E-state index is 11.2. The van der Waals surface area contributed by atoms with Gasteiger partial charge in [-0.2, -0.15) is 0 Å². The molecule has 0 aromatic heterocycles. The van der Waals surface area contributed by atoms with E-state index < -0.39 is 10.8 Å². The SMILES string of the molecule is CCC1CNC(C)(CC)CN1C(C)CCS(C)=O. The van der Waals surface area contributed by atoms with Gasteiger partial charge in [-0.15, -0.1) is 0 Å². The fourth-order valence-corrected chi connectivity index (χ4v) is 3.38. The third-order valence-electron chi connectivity index (χ3n) is 4.41. The van der Waals surface area contributed by atoms with Gasteiger partial charge in [-0.05, 0) is 33.1 Å². The van der Waals surface area contributed by atoms with E-state index in [2.05, 4.69) is 37.9 Å². The van der Waals surface area contributed by atoms with E-state index in [4.69, 9.17) is 0 Å². The van der Waals surface area contributed by atoms with Crippen LogP contribution in [0, 0.1) is 0 Å². The van der Waals surface area contributed by atoms with Crippen molar-refractivity contribution in [2.45, 2.75) is 64.6 Å². The summed E-state index contributed by atoms with van der Waals surface area (Å²) in [6.45, 7) is 11.3. The Hall–Kier alpha value is 0.0700. The second-order valence-electron chi connectivity index (χ2n) is 5.94. The highest BCUT2D eigenvalue weighted by Crippen LogP contribution is 2.23. The standard InChI is InChI=1S/C14H30N2OS/c1-6-13-10-15-14(4,7-2)11-16(13)12(3)8-9-18(5)17/h12-13,15H,6-11H2,1-5H3. The number of piperazine rings is 1. The second-order valence-corrected chi connectivity index (χ2v) is 7.50. The van der Waals surface area contributed by atoms with Crippen molar-refractivity contribution < 1.29 is 4.21 Å². The quantitative estimate of drug-likeness (QED) is 0.804. The van der Waals surface area contributed by atoms with Crippen LogP contribution in [0.3, 0.4) is 0 Å². The third kappa shape index (κ3) is 4.32. The molecule has 0 aliphatic carbocycles. The molecule has 1 rings (SSSR count).